The van der Waals surface area contributed by atoms with Gasteiger partial charge in [0.25, 0.3) is 0 Å². The molecule has 0 radical (unpaired) electrons. The lowest BCUT2D eigenvalue weighted by molar-refractivity contribution is 0.517. The van der Waals surface area contributed by atoms with Gasteiger partial charge < -0.3 is 4.42 Å². The lowest BCUT2D eigenvalue weighted by atomic mass is 10.3. The van der Waals surface area contributed by atoms with E-state index < -0.39 is 0 Å². The monoisotopic (exact) mass is 213 g/mol. The van der Waals surface area contributed by atoms with Crippen molar-refractivity contribution in [3.05, 3.63) is 53.9 Å². The van der Waals surface area contributed by atoms with Crippen LogP contribution in [0.2, 0.25) is 0 Å². The van der Waals surface area contributed by atoms with Crippen molar-refractivity contribution in [3.8, 4) is 0 Å². The van der Waals surface area contributed by atoms with Gasteiger partial charge in [-0.1, -0.05) is 6.07 Å². The molecule has 16 heavy (non-hydrogen) atoms. The number of rotatable bonds is 2. The lowest BCUT2D eigenvalue weighted by Gasteiger charge is -1.91. The van der Waals surface area contributed by atoms with Crippen LogP contribution in [-0.4, -0.2) is 14.6 Å². The van der Waals surface area contributed by atoms with E-state index in [0.29, 0.717) is 6.42 Å². The highest BCUT2D eigenvalue weighted by Gasteiger charge is 2.05. The van der Waals surface area contributed by atoms with Crippen molar-refractivity contribution < 1.29 is 4.42 Å². The van der Waals surface area contributed by atoms with Crippen molar-refractivity contribution >= 4 is 5.65 Å². The zero-order valence-electron chi connectivity index (χ0n) is 8.92. The lowest BCUT2D eigenvalue weighted by Crippen LogP contribution is -1.90. The first kappa shape index (κ1) is 9.15. The Balaban J connectivity index is 1.99. The third-order valence-corrected chi connectivity index (χ3v) is 2.44. The smallest absolute Gasteiger partial charge is 0.159 e. The molecule has 3 heterocycles. The van der Waals surface area contributed by atoms with Gasteiger partial charge in [0.2, 0.25) is 0 Å². The minimum absolute atomic E-state index is 0.633. The molecule has 0 atom stereocenters. The molecule has 0 aromatic carbocycles. The summed E-state index contributed by atoms with van der Waals surface area (Å²) in [6.07, 6.45) is 4.26. The number of aromatic nitrogens is 3. The molecule has 4 heteroatoms. The van der Waals surface area contributed by atoms with Gasteiger partial charge in [-0.3, -0.25) is 0 Å². The van der Waals surface area contributed by atoms with E-state index in [1.165, 1.54) is 5.56 Å². The SMILES string of the molecule is Cc1ccc2nc(Cc3ccco3)nn2c1. The summed E-state index contributed by atoms with van der Waals surface area (Å²) >= 11 is 0. The van der Waals surface area contributed by atoms with Crippen molar-refractivity contribution in [2.45, 2.75) is 13.3 Å². The summed E-state index contributed by atoms with van der Waals surface area (Å²) in [4.78, 5) is 4.42. The van der Waals surface area contributed by atoms with Crippen LogP contribution in [0.15, 0.2) is 41.1 Å². The number of pyridine rings is 1. The second kappa shape index (κ2) is 3.48. The molecule has 0 spiro atoms. The van der Waals surface area contributed by atoms with E-state index >= 15 is 0 Å². The summed E-state index contributed by atoms with van der Waals surface area (Å²) in [5.74, 6) is 1.66. The highest BCUT2D eigenvalue weighted by atomic mass is 16.3. The number of hydrogen-bond donors (Lipinski definition) is 0. The third kappa shape index (κ3) is 1.58. The Labute approximate surface area is 92.5 Å². The summed E-state index contributed by atoms with van der Waals surface area (Å²) in [5, 5.41) is 4.39. The maximum absolute atomic E-state index is 5.27. The molecule has 0 bridgehead atoms. The molecule has 0 N–H and O–H groups in total. The largest absolute Gasteiger partial charge is 0.469 e. The molecule has 3 rings (SSSR count). The number of fused-ring (bicyclic) bond motifs is 1. The van der Waals surface area contributed by atoms with Crippen molar-refractivity contribution in [1.29, 1.82) is 0 Å². The standard InChI is InChI=1S/C12H11N3O/c1-9-4-5-12-13-11(14-15(12)8-9)7-10-3-2-6-16-10/h2-6,8H,7H2,1H3. The first-order chi connectivity index (χ1) is 7.81. The van der Waals surface area contributed by atoms with Gasteiger partial charge in [0.05, 0.1) is 12.7 Å². The summed E-state index contributed by atoms with van der Waals surface area (Å²) < 4.78 is 7.07. The van der Waals surface area contributed by atoms with Gasteiger partial charge in [0.1, 0.15) is 5.76 Å². The van der Waals surface area contributed by atoms with Crippen LogP contribution in [0.25, 0.3) is 5.65 Å². The van der Waals surface area contributed by atoms with Gasteiger partial charge in [0.15, 0.2) is 11.5 Å². The summed E-state index contributed by atoms with van der Waals surface area (Å²) in [5.41, 5.74) is 2.04. The molecule has 0 fully saturated rings. The van der Waals surface area contributed by atoms with E-state index in [-0.39, 0.29) is 0 Å². The molecule has 3 aromatic heterocycles. The van der Waals surface area contributed by atoms with Gasteiger partial charge in [-0.05, 0) is 30.7 Å². The predicted octanol–water partition coefficient (Wildman–Crippen LogP) is 2.22. The maximum Gasteiger partial charge on any atom is 0.159 e. The van der Waals surface area contributed by atoms with E-state index in [0.717, 1.165) is 17.2 Å². The molecule has 3 aromatic rings. The zero-order chi connectivity index (χ0) is 11.0. The maximum atomic E-state index is 5.27. The molecular weight excluding hydrogens is 202 g/mol. The average Bonchev–Trinajstić information content (AvgIpc) is 2.86. The molecule has 0 saturated carbocycles. The van der Waals surface area contributed by atoms with Crippen LogP contribution in [0, 0.1) is 6.92 Å². The Morgan fingerprint density at radius 1 is 1.31 bits per heavy atom. The van der Waals surface area contributed by atoms with Gasteiger partial charge in [-0.15, -0.1) is 0 Å². The topological polar surface area (TPSA) is 43.3 Å². The van der Waals surface area contributed by atoms with Crippen LogP contribution in [0.5, 0.6) is 0 Å². The number of furan rings is 1. The van der Waals surface area contributed by atoms with E-state index in [1.807, 2.05) is 37.4 Å². The molecule has 80 valence electrons. The normalized spacial score (nSPS) is 11.1. The van der Waals surface area contributed by atoms with Crippen molar-refractivity contribution in [2.75, 3.05) is 0 Å². The summed E-state index contributed by atoms with van der Waals surface area (Å²) in [7, 11) is 0. The zero-order valence-corrected chi connectivity index (χ0v) is 8.92. The van der Waals surface area contributed by atoms with Crippen LogP contribution in [0.3, 0.4) is 0 Å². The Bertz CT molecular complexity index is 610. The predicted molar refractivity (Wildman–Crippen MR) is 59.2 cm³/mol. The minimum atomic E-state index is 0.633. The van der Waals surface area contributed by atoms with Crippen LogP contribution in [0.4, 0.5) is 0 Å². The molecule has 0 amide bonds. The molecule has 0 aliphatic rings. The fourth-order valence-corrected chi connectivity index (χ4v) is 1.68. The van der Waals surface area contributed by atoms with Crippen LogP contribution < -0.4 is 0 Å². The second-order valence-corrected chi connectivity index (χ2v) is 3.79. The van der Waals surface area contributed by atoms with Crippen LogP contribution >= 0.6 is 0 Å². The van der Waals surface area contributed by atoms with Gasteiger partial charge in [0, 0.05) is 6.20 Å². The minimum Gasteiger partial charge on any atom is -0.469 e. The number of hydrogen-bond acceptors (Lipinski definition) is 3. The van der Waals surface area contributed by atoms with E-state index in [9.17, 15) is 0 Å². The van der Waals surface area contributed by atoms with Gasteiger partial charge in [-0.25, -0.2) is 9.50 Å². The summed E-state index contributed by atoms with van der Waals surface area (Å²) in [6.45, 7) is 2.04. The van der Waals surface area contributed by atoms with E-state index in [1.54, 1.807) is 10.8 Å². The molecule has 0 aliphatic heterocycles. The third-order valence-electron chi connectivity index (χ3n) is 2.44. The second-order valence-electron chi connectivity index (χ2n) is 3.79. The molecule has 0 unspecified atom stereocenters. The fraction of sp³-hybridized carbons (Fsp3) is 0.167. The fourth-order valence-electron chi connectivity index (χ4n) is 1.68. The first-order valence-electron chi connectivity index (χ1n) is 5.15. The summed E-state index contributed by atoms with van der Waals surface area (Å²) in [6, 6.07) is 7.79. The van der Waals surface area contributed by atoms with Crippen molar-refractivity contribution in [3.63, 3.8) is 0 Å². The molecule has 0 saturated heterocycles. The van der Waals surface area contributed by atoms with E-state index in [2.05, 4.69) is 10.1 Å². The first-order valence-corrected chi connectivity index (χ1v) is 5.15. The Hall–Kier alpha value is -2.10. The highest BCUT2D eigenvalue weighted by Crippen LogP contribution is 2.09. The molecule has 0 aliphatic carbocycles. The van der Waals surface area contributed by atoms with Crippen molar-refractivity contribution in [2.24, 2.45) is 0 Å². The Kier molecular flexibility index (Phi) is 1.99. The average molecular weight is 213 g/mol. The van der Waals surface area contributed by atoms with Crippen LogP contribution in [0.1, 0.15) is 17.1 Å². The van der Waals surface area contributed by atoms with Crippen LogP contribution in [-0.2, 0) is 6.42 Å². The van der Waals surface area contributed by atoms with E-state index in [4.69, 9.17) is 4.42 Å². The molecular formula is C12H11N3O. The van der Waals surface area contributed by atoms with Crippen molar-refractivity contribution in [1.82, 2.24) is 14.6 Å². The van der Waals surface area contributed by atoms with Gasteiger partial charge >= 0.3 is 0 Å². The quantitative estimate of drug-likeness (QED) is 0.655. The molecule has 4 nitrogen and oxygen atoms in total. The van der Waals surface area contributed by atoms with Gasteiger partial charge in [-0.2, -0.15) is 5.10 Å². The highest BCUT2D eigenvalue weighted by molar-refractivity contribution is 5.38. The Morgan fingerprint density at radius 3 is 3.06 bits per heavy atom. The number of nitrogens with zero attached hydrogens (tertiary/aromatic N) is 3. The number of aryl methyl sites for hydroxylation is 1. The Morgan fingerprint density at radius 2 is 2.25 bits per heavy atom.